The Morgan fingerprint density at radius 1 is 1.16 bits per heavy atom. The van der Waals surface area contributed by atoms with Crippen molar-refractivity contribution in [3.8, 4) is 5.69 Å². The van der Waals surface area contributed by atoms with E-state index in [2.05, 4.69) is 72.6 Å². The molecule has 1 aliphatic heterocycles. The summed E-state index contributed by atoms with van der Waals surface area (Å²) < 4.78 is 7.50. The highest BCUT2D eigenvalue weighted by atomic mass is 127. The minimum Gasteiger partial charge on any atom is -0.379 e. The fourth-order valence-electron chi connectivity index (χ4n) is 3.81. The van der Waals surface area contributed by atoms with Gasteiger partial charge in [-0.2, -0.15) is 5.10 Å². The third kappa shape index (κ3) is 6.92. The molecule has 8 heteroatoms. The van der Waals surface area contributed by atoms with Gasteiger partial charge in [0, 0.05) is 37.4 Å². The quantitative estimate of drug-likeness (QED) is 0.321. The van der Waals surface area contributed by atoms with Gasteiger partial charge < -0.3 is 15.4 Å². The van der Waals surface area contributed by atoms with E-state index in [0.29, 0.717) is 6.54 Å². The third-order valence-electron chi connectivity index (χ3n) is 5.54. The van der Waals surface area contributed by atoms with Crippen LogP contribution in [0.3, 0.4) is 0 Å². The van der Waals surface area contributed by atoms with Crippen LogP contribution < -0.4 is 10.6 Å². The maximum absolute atomic E-state index is 5.50. The molecule has 1 aliphatic rings. The normalized spacial score (nSPS) is 15.5. The van der Waals surface area contributed by atoms with E-state index < -0.39 is 0 Å². The Hall–Kier alpha value is -1.65. The van der Waals surface area contributed by atoms with E-state index >= 15 is 0 Å². The van der Waals surface area contributed by atoms with Crippen LogP contribution in [0.15, 0.2) is 35.3 Å². The van der Waals surface area contributed by atoms with Crippen molar-refractivity contribution >= 4 is 29.9 Å². The summed E-state index contributed by atoms with van der Waals surface area (Å²) in [5.41, 5.74) is 4.40. The number of aliphatic imine (C=N–C) groups is 1. The Kier molecular flexibility index (Phi) is 9.77. The van der Waals surface area contributed by atoms with Crippen LogP contribution in [-0.4, -0.2) is 65.6 Å². The van der Waals surface area contributed by atoms with Crippen molar-refractivity contribution in [1.82, 2.24) is 25.3 Å². The number of guanidine groups is 1. The summed E-state index contributed by atoms with van der Waals surface area (Å²) >= 11 is 0. The summed E-state index contributed by atoms with van der Waals surface area (Å²) in [5, 5.41) is 11.6. The monoisotopic (exact) mass is 540 g/mol. The molecule has 0 spiro atoms. The van der Waals surface area contributed by atoms with E-state index in [4.69, 9.17) is 9.73 Å². The molecule has 0 aliphatic carbocycles. The van der Waals surface area contributed by atoms with Crippen LogP contribution in [0.5, 0.6) is 0 Å². The van der Waals surface area contributed by atoms with E-state index in [1.165, 1.54) is 0 Å². The average molecular weight is 540 g/mol. The van der Waals surface area contributed by atoms with Crippen LogP contribution in [0.4, 0.5) is 0 Å². The second kappa shape index (κ2) is 11.8. The molecule has 2 aromatic rings. The zero-order valence-electron chi connectivity index (χ0n) is 19.4. The SMILES string of the molecule is CCNC(=NCc1ccccc1-n1nc(C)cc1C)NCC(C)(C)N1CCOCC1.I. The molecule has 1 saturated heterocycles. The number of nitrogens with zero attached hydrogens (tertiary/aromatic N) is 4. The predicted octanol–water partition coefficient (Wildman–Crippen LogP) is 3.27. The van der Waals surface area contributed by atoms with Crippen molar-refractivity contribution in [2.24, 2.45) is 4.99 Å². The number of rotatable bonds is 7. The lowest BCUT2D eigenvalue weighted by Crippen LogP contribution is -2.56. The molecule has 0 bridgehead atoms. The van der Waals surface area contributed by atoms with E-state index in [9.17, 15) is 0 Å². The molecule has 31 heavy (non-hydrogen) atoms. The minimum atomic E-state index is 0. The first-order chi connectivity index (χ1) is 14.4. The van der Waals surface area contributed by atoms with Crippen molar-refractivity contribution in [1.29, 1.82) is 0 Å². The molecule has 0 atom stereocenters. The molecule has 0 unspecified atom stereocenters. The van der Waals surface area contributed by atoms with Gasteiger partial charge in [0.25, 0.3) is 0 Å². The number of aryl methyl sites for hydroxylation is 2. The van der Waals surface area contributed by atoms with Crippen molar-refractivity contribution in [2.45, 2.75) is 46.7 Å². The van der Waals surface area contributed by atoms with Gasteiger partial charge in [-0.3, -0.25) is 4.90 Å². The van der Waals surface area contributed by atoms with Gasteiger partial charge >= 0.3 is 0 Å². The molecular formula is C23H37IN6O. The topological polar surface area (TPSA) is 66.7 Å². The van der Waals surface area contributed by atoms with Crippen LogP contribution in [0.25, 0.3) is 5.69 Å². The standard InChI is InChI=1S/C23H36N6O.HI/c1-6-24-22(26-17-23(4,5)28-11-13-30-14-12-28)25-16-20-9-7-8-10-21(20)29-19(3)15-18(2)27-29;/h7-10,15H,6,11-14,16-17H2,1-5H3,(H2,24,25,26);1H. The van der Waals surface area contributed by atoms with Crippen LogP contribution in [0, 0.1) is 13.8 Å². The number of halogens is 1. The maximum Gasteiger partial charge on any atom is 0.191 e. The molecule has 3 rings (SSSR count). The maximum atomic E-state index is 5.50. The molecular weight excluding hydrogens is 503 g/mol. The second-order valence-corrected chi connectivity index (χ2v) is 8.43. The molecule has 0 radical (unpaired) electrons. The molecule has 1 aromatic heterocycles. The van der Waals surface area contributed by atoms with Crippen molar-refractivity contribution < 1.29 is 4.74 Å². The van der Waals surface area contributed by atoms with Gasteiger partial charge in [-0.25, -0.2) is 9.67 Å². The van der Waals surface area contributed by atoms with Gasteiger partial charge in [0.2, 0.25) is 0 Å². The molecule has 1 aromatic carbocycles. The lowest BCUT2D eigenvalue weighted by molar-refractivity contribution is -0.00834. The van der Waals surface area contributed by atoms with E-state index in [1.807, 2.05) is 17.7 Å². The molecule has 1 fully saturated rings. The molecule has 0 saturated carbocycles. The Balaban J connectivity index is 0.00000341. The molecule has 2 N–H and O–H groups in total. The molecule has 0 amide bonds. The number of ether oxygens (including phenoxy) is 1. The third-order valence-corrected chi connectivity index (χ3v) is 5.54. The van der Waals surface area contributed by atoms with Crippen LogP contribution in [0.2, 0.25) is 0 Å². The summed E-state index contributed by atoms with van der Waals surface area (Å²) in [6, 6.07) is 10.4. The Labute approximate surface area is 203 Å². The zero-order chi connectivity index (χ0) is 21.6. The first-order valence-electron chi connectivity index (χ1n) is 10.9. The molecule has 7 nitrogen and oxygen atoms in total. The van der Waals surface area contributed by atoms with Gasteiger partial charge in [0.15, 0.2) is 5.96 Å². The lowest BCUT2D eigenvalue weighted by atomic mass is 10.0. The summed E-state index contributed by atoms with van der Waals surface area (Å²) in [6.45, 7) is 16.5. The van der Waals surface area contributed by atoms with E-state index in [-0.39, 0.29) is 29.5 Å². The van der Waals surface area contributed by atoms with E-state index in [1.54, 1.807) is 0 Å². The highest BCUT2D eigenvalue weighted by molar-refractivity contribution is 14.0. The smallest absolute Gasteiger partial charge is 0.191 e. The average Bonchev–Trinajstić information content (AvgIpc) is 3.08. The second-order valence-electron chi connectivity index (χ2n) is 8.43. The highest BCUT2D eigenvalue weighted by Gasteiger charge is 2.28. The van der Waals surface area contributed by atoms with Crippen molar-refractivity contribution in [2.75, 3.05) is 39.4 Å². The number of hydrogen-bond donors (Lipinski definition) is 2. The lowest BCUT2D eigenvalue weighted by Gasteiger charge is -2.41. The number of aromatic nitrogens is 2. The Morgan fingerprint density at radius 3 is 2.52 bits per heavy atom. The zero-order valence-corrected chi connectivity index (χ0v) is 21.8. The first-order valence-corrected chi connectivity index (χ1v) is 10.9. The number of para-hydroxylation sites is 1. The van der Waals surface area contributed by atoms with Crippen molar-refractivity contribution in [3.63, 3.8) is 0 Å². The van der Waals surface area contributed by atoms with Gasteiger partial charge in [-0.1, -0.05) is 18.2 Å². The van der Waals surface area contributed by atoms with Gasteiger partial charge in [0.05, 0.1) is 31.1 Å². The van der Waals surface area contributed by atoms with Gasteiger partial charge in [0.1, 0.15) is 0 Å². The molecule has 172 valence electrons. The van der Waals surface area contributed by atoms with Gasteiger partial charge in [-0.15, -0.1) is 24.0 Å². The summed E-state index contributed by atoms with van der Waals surface area (Å²) in [4.78, 5) is 7.34. The summed E-state index contributed by atoms with van der Waals surface area (Å²) in [7, 11) is 0. The van der Waals surface area contributed by atoms with Gasteiger partial charge in [-0.05, 0) is 52.3 Å². The molecule has 2 heterocycles. The fraction of sp³-hybridized carbons (Fsp3) is 0.565. The number of hydrogen-bond acceptors (Lipinski definition) is 4. The van der Waals surface area contributed by atoms with Crippen LogP contribution in [0.1, 0.15) is 37.7 Å². The number of morpholine rings is 1. The highest BCUT2D eigenvalue weighted by Crippen LogP contribution is 2.18. The summed E-state index contributed by atoms with van der Waals surface area (Å²) in [6.07, 6.45) is 0. The van der Waals surface area contributed by atoms with Crippen LogP contribution in [-0.2, 0) is 11.3 Å². The van der Waals surface area contributed by atoms with Crippen molar-refractivity contribution in [3.05, 3.63) is 47.3 Å². The number of nitrogens with one attached hydrogen (secondary N) is 2. The fourth-order valence-corrected chi connectivity index (χ4v) is 3.81. The first kappa shape index (κ1) is 25.6. The van der Waals surface area contributed by atoms with Crippen LogP contribution >= 0.6 is 24.0 Å². The predicted molar refractivity (Wildman–Crippen MR) is 138 cm³/mol. The number of benzene rings is 1. The van der Waals surface area contributed by atoms with E-state index in [0.717, 1.165) is 68.0 Å². The Bertz CT molecular complexity index is 858. The minimum absolute atomic E-state index is 0. The largest absolute Gasteiger partial charge is 0.379 e. The summed E-state index contributed by atoms with van der Waals surface area (Å²) in [5.74, 6) is 0.835. The Morgan fingerprint density at radius 2 is 1.87 bits per heavy atom.